The van der Waals surface area contributed by atoms with Gasteiger partial charge in [-0.2, -0.15) is 9.97 Å². The molecule has 4 rings (SSSR count). The molecule has 2 bridgehead atoms. The lowest BCUT2D eigenvalue weighted by molar-refractivity contribution is 0.380. The van der Waals surface area contributed by atoms with E-state index < -0.39 is 5.82 Å². The highest BCUT2D eigenvalue weighted by Crippen LogP contribution is 2.32. The molecule has 2 saturated heterocycles. The van der Waals surface area contributed by atoms with Crippen LogP contribution in [0.2, 0.25) is 5.15 Å². The third-order valence-corrected chi connectivity index (χ3v) is 4.56. The predicted molar refractivity (Wildman–Crippen MR) is 81.0 cm³/mol. The summed E-state index contributed by atoms with van der Waals surface area (Å²) in [4.78, 5) is 14.6. The van der Waals surface area contributed by atoms with E-state index in [0.717, 1.165) is 25.9 Å². The van der Waals surface area contributed by atoms with Gasteiger partial charge in [-0.15, -0.1) is 0 Å². The number of nitrogens with zero attached hydrogens (tertiary/aromatic N) is 4. The average molecular weight is 324 g/mol. The molecule has 0 aromatic carbocycles. The van der Waals surface area contributed by atoms with Crippen LogP contribution in [0, 0.1) is 5.82 Å². The van der Waals surface area contributed by atoms with Gasteiger partial charge in [0.05, 0.1) is 12.5 Å². The van der Waals surface area contributed by atoms with Gasteiger partial charge < -0.3 is 15.0 Å². The minimum atomic E-state index is -0.640. The summed E-state index contributed by atoms with van der Waals surface area (Å²) in [5, 5.41) is 3.92. The van der Waals surface area contributed by atoms with Gasteiger partial charge >= 0.3 is 6.01 Å². The van der Waals surface area contributed by atoms with Crippen molar-refractivity contribution in [2.45, 2.75) is 24.9 Å². The second-order valence-corrected chi connectivity index (χ2v) is 6.06. The van der Waals surface area contributed by atoms with Crippen LogP contribution in [0.1, 0.15) is 12.8 Å². The van der Waals surface area contributed by atoms with Gasteiger partial charge in [0.15, 0.2) is 11.0 Å². The predicted octanol–water partition coefficient (Wildman–Crippen LogP) is 1.77. The Labute approximate surface area is 131 Å². The number of hydrogen-bond acceptors (Lipinski definition) is 6. The van der Waals surface area contributed by atoms with Crippen molar-refractivity contribution in [1.82, 2.24) is 20.3 Å². The smallest absolute Gasteiger partial charge is 0.318 e. The Balaban J connectivity index is 1.87. The van der Waals surface area contributed by atoms with E-state index in [1.54, 1.807) is 0 Å². The summed E-state index contributed by atoms with van der Waals surface area (Å²) in [6, 6.07) is 1.02. The molecule has 2 aliphatic heterocycles. The zero-order chi connectivity index (χ0) is 15.3. The number of aromatic nitrogens is 3. The molecule has 4 heterocycles. The van der Waals surface area contributed by atoms with Crippen molar-refractivity contribution in [3.8, 4) is 6.01 Å². The molecule has 6 nitrogen and oxygen atoms in total. The van der Waals surface area contributed by atoms with Gasteiger partial charge in [0.2, 0.25) is 0 Å². The molecule has 0 aliphatic carbocycles. The molecule has 22 heavy (non-hydrogen) atoms. The van der Waals surface area contributed by atoms with Crippen LogP contribution in [0.15, 0.2) is 6.20 Å². The average Bonchev–Trinajstić information content (AvgIpc) is 2.88. The third-order valence-electron chi connectivity index (χ3n) is 4.30. The maximum absolute atomic E-state index is 14.3. The summed E-state index contributed by atoms with van der Waals surface area (Å²) in [5.41, 5.74) is 0.146. The minimum absolute atomic E-state index is 0.134. The SMILES string of the molecule is COc1nc(N2CC3CCC(C2)N3)c2cnc(Cl)c(F)c2n1. The van der Waals surface area contributed by atoms with Crippen molar-refractivity contribution in [2.75, 3.05) is 25.1 Å². The van der Waals surface area contributed by atoms with Gasteiger partial charge in [0, 0.05) is 31.4 Å². The quantitative estimate of drug-likeness (QED) is 0.850. The number of pyridine rings is 1. The van der Waals surface area contributed by atoms with E-state index in [0.29, 0.717) is 23.3 Å². The van der Waals surface area contributed by atoms with E-state index in [2.05, 4.69) is 25.2 Å². The molecule has 1 N–H and O–H groups in total. The van der Waals surface area contributed by atoms with E-state index >= 15 is 0 Å². The van der Waals surface area contributed by atoms with Crippen molar-refractivity contribution in [2.24, 2.45) is 0 Å². The number of hydrogen-bond donors (Lipinski definition) is 1. The molecule has 116 valence electrons. The van der Waals surface area contributed by atoms with Crippen LogP contribution in [0.4, 0.5) is 10.2 Å². The van der Waals surface area contributed by atoms with Gasteiger partial charge in [-0.25, -0.2) is 9.37 Å². The molecular weight excluding hydrogens is 309 g/mol. The Morgan fingerprint density at radius 1 is 1.32 bits per heavy atom. The van der Waals surface area contributed by atoms with Crippen LogP contribution < -0.4 is 15.0 Å². The number of rotatable bonds is 2. The lowest BCUT2D eigenvalue weighted by Gasteiger charge is -2.34. The highest BCUT2D eigenvalue weighted by Gasteiger charge is 2.34. The number of piperazine rings is 1. The van der Waals surface area contributed by atoms with Crippen molar-refractivity contribution >= 4 is 28.3 Å². The summed E-state index contributed by atoms with van der Waals surface area (Å²) in [6.07, 6.45) is 3.83. The van der Waals surface area contributed by atoms with E-state index in [9.17, 15) is 4.39 Å². The summed E-state index contributed by atoms with van der Waals surface area (Å²) in [7, 11) is 1.47. The van der Waals surface area contributed by atoms with Crippen molar-refractivity contribution in [3.05, 3.63) is 17.2 Å². The maximum atomic E-state index is 14.3. The van der Waals surface area contributed by atoms with Gasteiger partial charge in [-0.1, -0.05) is 11.6 Å². The van der Waals surface area contributed by atoms with Gasteiger partial charge in [-0.3, -0.25) is 0 Å². The van der Waals surface area contributed by atoms with E-state index in [1.807, 2.05) is 0 Å². The maximum Gasteiger partial charge on any atom is 0.318 e. The Kier molecular flexibility index (Phi) is 3.27. The first-order chi connectivity index (χ1) is 10.7. The number of fused-ring (bicyclic) bond motifs is 3. The molecule has 2 atom stereocenters. The van der Waals surface area contributed by atoms with Crippen molar-refractivity contribution < 1.29 is 9.13 Å². The fraction of sp³-hybridized carbons (Fsp3) is 0.500. The van der Waals surface area contributed by atoms with E-state index in [-0.39, 0.29) is 16.7 Å². The largest absolute Gasteiger partial charge is 0.467 e. The molecular formula is C14H15ClFN5O. The van der Waals surface area contributed by atoms with Crippen molar-refractivity contribution in [1.29, 1.82) is 0 Å². The topological polar surface area (TPSA) is 63.2 Å². The van der Waals surface area contributed by atoms with E-state index in [4.69, 9.17) is 16.3 Å². The molecule has 2 unspecified atom stereocenters. The third kappa shape index (κ3) is 2.16. The van der Waals surface area contributed by atoms with Crippen LogP contribution in [0.3, 0.4) is 0 Å². The summed E-state index contributed by atoms with van der Waals surface area (Å²) < 4.78 is 19.4. The van der Waals surface area contributed by atoms with Crippen LogP contribution in [-0.2, 0) is 0 Å². The summed E-state index contributed by atoms with van der Waals surface area (Å²) >= 11 is 5.77. The fourth-order valence-corrected chi connectivity index (χ4v) is 3.44. The monoisotopic (exact) mass is 323 g/mol. The highest BCUT2D eigenvalue weighted by atomic mass is 35.5. The number of ether oxygens (including phenoxy) is 1. The first-order valence-electron chi connectivity index (χ1n) is 7.22. The molecule has 0 saturated carbocycles. The van der Waals surface area contributed by atoms with Crippen LogP contribution in [0.5, 0.6) is 6.01 Å². The number of nitrogens with one attached hydrogen (secondary N) is 1. The minimum Gasteiger partial charge on any atom is -0.467 e. The zero-order valence-corrected chi connectivity index (χ0v) is 12.8. The second-order valence-electron chi connectivity index (χ2n) is 5.70. The second kappa shape index (κ2) is 5.17. The van der Waals surface area contributed by atoms with Crippen LogP contribution >= 0.6 is 11.6 Å². The first kappa shape index (κ1) is 13.9. The molecule has 2 aromatic rings. The Morgan fingerprint density at radius 3 is 2.73 bits per heavy atom. The van der Waals surface area contributed by atoms with Crippen LogP contribution in [0.25, 0.3) is 10.9 Å². The van der Waals surface area contributed by atoms with Crippen molar-refractivity contribution in [3.63, 3.8) is 0 Å². The number of anilines is 1. The van der Waals surface area contributed by atoms with Gasteiger partial charge in [0.1, 0.15) is 11.3 Å². The molecule has 0 amide bonds. The molecule has 0 radical (unpaired) electrons. The van der Waals surface area contributed by atoms with Crippen LogP contribution in [-0.4, -0.2) is 47.2 Å². The highest BCUT2D eigenvalue weighted by molar-refractivity contribution is 6.30. The van der Waals surface area contributed by atoms with Gasteiger partial charge in [-0.05, 0) is 12.8 Å². The number of halogens is 2. The summed E-state index contributed by atoms with van der Waals surface area (Å²) in [5.74, 6) is 0.0162. The van der Waals surface area contributed by atoms with Gasteiger partial charge in [0.25, 0.3) is 0 Å². The Bertz CT molecular complexity index is 731. The molecule has 0 spiro atoms. The lowest BCUT2D eigenvalue weighted by Crippen LogP contribution is -2.51. The molecule has 2 aromatic heterocycles. The normalized spacial score (nSPS) is 24.0. The molecule has 2 fully saturated rings. The molecule has 8 heteroatoms. The standard InChI is InChI=1S/C14H15ClFN5O/c1-22-14-19-11-9(4-17-12(15)10(11)16)13(20-14)21-5-7-2-3-8(6-21)18-7/h4,7-8,18H,2-3,5-6H2,1H3. The fourth-order valence-electron chi connectivity index (χ4n) is 3.30. The summed E-state index contributed by atoms with van der Waals surface area (Å²) in [6.45, 7) is 1.66. The Hall–Kier alpha value is -1.73. The lowest BCUT2D eigenvalue weighted by atomic mass is 10.2. The first-order valence-corrected chi connectivity index (χ1v) is 7.60. The molecule has 2 aliphatic rings. The zero-order valence-electron chi connectivity index (χ0n) is 12.0. The Morgan fingerprint density at radius 2 is 2.05 bits per heavy atom. The van der Waals surface area contributed by atoms with E-state index in [1.165, 1.54) is 13.3 Å². The number of methoxy groups -OCH3 is 1.